The molecule has 0 aliphatic heterocycles. The molecule has 3 nitrogen and oxygen atoms in total. The van der Waals surface area contributed by atoms with Gasteiger partial charge in [-0.2, -0.15) is 13.2 Å². The van der Waals surface area contributed by atoms with Gasteiger partial charge < -0.3 is 15.2 Å². The first-order valence-corrected chi connectivity index (χ1v) is 5.56. The van der Waals surface area contributed by atoms with Crippen molar-refractivity contribution in [1.29, 1.82) is 0 Å². The van der Waals surface area contributed by atoms with Gasteiger partial charge in [0.05, 0.1) is 12.2 Å². The van der Waals surface area contributed by atoms with Crippen LogP contribution in [0.2, 0.25) is 0 Å². The van der Waals surface area contributed by atoms with Gasteiger partial charge >= 0.3 is 6.18 Å². The largest absolute Gasteiger partial charge is 0.491 e. The number of hydrogen-bond acceptors (Lipinski definition) is 3. The molecule has 1 aromatic carbocycles. The average molecular weight is 263 g/mol. The van der Waals surface area contributed by atoms with E-state index in [1.807, 2.05) is 0 Å². The molecule has 0 aliphatic carbocycles. The van der Waals surface area contributed by atoms with Crippen molar-refractivity contribution in [3.8, 4) is 5.75 Å². The summed E-state index contributed by atoms with van der Waals surface area (Å²) in [6.45, 7) is 3.24. The van der Waals surface area contributed by atoms with Gasteiger partial charge in [-0.15, -0.1) is 0 Å². The lowest BCUT2D eigenvalue weighted by Crippen LogP contribution is -2.16. The molecule has 0 amide bonds. The molecule has 0 heterocycles. The normalized spacial score (nSPS) is 11.7. The molecule has 0 atom stereocenters. The Kier molecular flexibility index (Phi) is 4.84. The highest BCUT2D eigenvalue weighted by Crippen LogP contribution is 2.37. The van der Waals surface area contributed by atoms with Gasteiger partial charge in [-0.1, -0.05) is 0 Å². The molecule has 0 aromatic heterocycles. The number of aliphatic hydroxyl groups is 1. The smallest absolute Gasteiger partial charge is 0.418 e. The Hall–Kier alpha value is -1.43. The number of alkyl halides is 3. The second kappa shape index (κ2) is 5.95. The van der Waals surface area contributed by atoms with E-state index in [1.165, 1.54) is 12.1 Å². The zero-order valence-corrected chi connectivity index (χ0v) is 10.2. The van der Waals surface area contributed by atoms with E-state index < -0.39 is 11.7 Å². The molecule has 0 fully saturated rings. The lowest BCUT2D eigenvalue weighted by Gasteiger charge is -2.18. The van der Waals surface area contributed by atoms with Gasteiger partial charge in [-0.25, -0.2) is 0 Å². The molecule has 6 heteroatoms. The van der Waals surface area contributed by atoms with Crippen LogP contribution in [0, 0.1) is 0 Å². The summed E-state index contributed by atoms with van der Waals surface area (Å²) in [5.74, 6) is 0.0886. The van der Waals surface area contributed by atoms with Crippen molar-refractivity contribution in [1.82, 2.24) is 0 Å². The Morgan fingerprint density at radius 1 is 1.33 bits per heavy atom. The molecule has 0 unspecified atom stereocenters. The van der Waals surface area contributed by atoms with Crippen molar-refractivity contribution < 1.29 is 23.0 Å². The van der Waals surface area contributed by atoms with Gasteiger partial charge in [0.2, 0.25) is 0 Å². The van der Waals surface area contributed by atoms with E-state index >= 15 is 0 Å². The molecule has 0 radical (unpaired) electrons. The van der Waals surface area contributed by atoms with Gasteiger partial charge in [0.1, 0.15) is 12.4 Å². The lowest BCUT2D eigenvalue weighted by molar-refractivity contribution is -0.137. The Balaban J connectivity index is 3.05. The molecule has 0 bridgehead atoms. The minimum Gasteiger partial charge on any atom is -0.491 e. The minimum atomic E-state index is -4.45. The lowest BCUT2D eigenvalue weighted by atomic mass is 10.1. The Morgan fingerprint density at radius 3 is 2.50 bits per heavy atom. The number of aliphatic hydroxyl groups excluding tert-OH is 1. The number of hydrogen-bond donors (Lipinski definition) is 2. The maximum atomic E-state index is 12.9. The van der Waals surface area contributed by atoms with Crippen LogP contribution in [-0.4, -0.2) is 24.4 Å². The van der Waals surface area contributed by atoms with Crippen LogP contribution < -0.4 is 10.1 Å². The van der Waals surface area contributed by atoms with Gasteiger partial charge in [-0.3, -0.25) is 0 Å². The average Bonchev–Trinajstić information content (AvgIpc) is 2.25. The number of benzene rings is 1. The summed E-state index contributed by atoms with van der Waals surface area (Å²) in [7, 11) is 0. The number of ether oxygens (including phenoxy) is 1. The van der Waals surface area contributed by atoms with E-state index in [9.17, 15) is 13.2 Å². The number of anilines is 1. The van der Waals surface area contributed by atoms with E-state index in [1.54, 1.807) is 13.8 Å². The SMILES string of the molecule is CC(C)Nc1ccc(OCCO)cc1C(F)(F)F. The van der Waals surface area contributed by atoms with Crippen LogP contribution in [0.1, 0.15) is 19.4 Å². The summed E-state index contributed by atoms with van der Waals surface area (Å²) in [6.07, 6.45) is -4.45. The molecule has 102 valence electrons. The second-order valence-corrected chi connectivity index (χ2v) is 4.08. The molecule has 1 rings (SSSR count). The van der Waals surface area contributed by atoms with Crippen molar-refractivity contribution >= 4 is 5.69 Å². The summed E-state index contributed by atoms with van der Waals surface area (Å²) in [5.41, 5.74) is -0.750. The predicted octanol–water partition coefficient (Wildman–Crippen LogP) is 2.90. The Labute approximate surface area is 104 Å². The van der Waals surface area contributed by atoms with Gasteiger partial charge in [0.15, 0.2) is 0 Å². The second-order valence-electron chi connectivity index (χ2n) is 4.08. The third kappa shape index (κ3) is 4.10. The van der Waals surface area contributed by atoms with E-state index in [2.05, 4.69) is 5.32 Å². The predicted molar refractivity (Wildman–Crippen MR) is 62.8 cm³/mol. The maximum absolute atomic E-state index is 12.9. The molecular weight excluding hydrogens is 247 g/mol. The summed E-state index contributed by atoms with van der Waals surface area (Å²) in [6, 6.07) is 3.60. The summed E-state index contributed by atoms with van der Waals surface area (Å²) >= 11 is 0. The van der Waals surface area contributed by atoms with Crippen molar-refractivity contribution in [3.05, 3.63) is 23.8 Å². The van der Waals surface area contributed by atoms with Crippen LogP contribution in [0.5, 0.6) is 5.75 Å². The van der Waals surface area contributed by atoms with Crippen LogP contribution in [-0.2, 0) is 6.18 Å². The standard InChI is InChI=1S/C12H16F3NO2/c1-8(2)16-11-4-3-9(18-6-5-17)7-10(11)12(13,14)15/h3-4,7-8,16-17H,5-6H2,1-2H3. The molecule has 0 saturated heterocycles. The highest BCUT2D eigenvalue weighted by Gasteiger charge is 2.34. The molecule has 0 spiro atoms. The van der Waals surface area contributed by atoms with Crippen LogP contribution in [0.3, 0.4) is 0 Å². The fourth-order valence-electron chi connectivity index (χ4n) is 1.45. The number of rotatable bonds is 5. The van der Waals surface area contributed by atoms with Gasteiger partial charge in [-0.05, 0) is 32.0 Å². The molecule has 1 aromatic rings. The van der Waals surface area contributed by atoms with E-state index in [4.69, 9.17) is 9.84 Å². The third-order valence-electron chi connectivity index (χ3n) is 2.10. The van der Waals surface area contributed by atoms with Crippen LogP contribution >= 0.6 is 0 Å². The maximum Gasteiger partial charge on any atom is 0.418 e. The molecule has 0 saturated carbocycles. The first-order valence-electron chi connectivity index (χ1n) is 5.56. The molecule has 0 aliphatic rings. The molecular formula is C12H16F3NO2. The molecule has 18 heavy (non-hydrogen) atoms. The zero-order valence-electron chi connectivity index (χ0n) is 10.2. The highest BCUT2D eigenvalue weighted by atomic mass is 19.4. The topological polar surface area (TPSA) is 41.5 Å². The van der Waals surface area contributed by atoms with E-state index in [0.717, 1.165) is 6.07 Å². The highest BCUT2D eigenvalue weighted by molar-refractivity contribution is 5.56. The van der Waals surface area contributed by atoms with E-state index in [0.29, 0.717) is 0 Å². The van der Waals surface area contributed by atoms with Crippen molar-refractivity contribution in [2.45, 2.75) is 26.1 Å². The van der Waals surface area contributed by atoms with Crippen LogP contribution in [0.15, 0.2) is 18.2 Å². The quantitative estimate of drug-likeness (QED) is 0.858. The fourth-order valence-corrected chi connectivity index (χ4v) is 1.45. The van der Waals surface area contributed by atoms with E-state index in [-0.39, 0.29) is 30.7 Å². The Morgan fingerprint density at radius 2 is 2.00 bits per heavy atom. The zero-order chi connectivity index (χ0) is 13.8. The minimum absolute atomic E-state index is 0.0221. The van der Waals surface area contributed by atoms with Gasteiger partial charge in [0, 0.05) is 11.7 Å². The van der Waals surface area contributed by atoms with Crippen molar-refractivity contribution in [3.63, 3.8) is 0 Å². The first kappa shape index (κ1) is 14.6. The Bertz CT molecular complexity index is 391. The van der Waals surface area contributed by atoms with Crippen molar-refractivity contribution in [2.24, 2.45) is 0 Å². The fraction of sp³-hybridized carbons (Fsp3) is 0.500. The molecule has 2 N–H and O–H groups in total. The van der Waals surface area contributed by atoms with Crippen LogP contribution in [0.25, 0.3) is 0 Å². The summed E-state index contributed by atoms with van der Waals surface area (Å²) in [5, 5.41) is 11.3. The van der Waals surface area contributed by atoms with Gasteiger partial charge in [0.25, 0.3) is 0 Å². The monoisotopic (exact) mass is 263 g/mol. The summed E-state index contributed by atoms with van der Waals surface area (Å²) in [4.78, 5) is 0. The van der Waals surface area contributed by atoms with Crippen molar-refractivity contribution in [2.75, 3.05) is 18.5 Å². The third-order valence-corrected chi connectivity index (χ3v) is 2.10. The number of halogens is 3. The number of nitrogens with one attached hydrogen (secondary N) is 1. The summed E-state index contributed by atoms with van der Waals surface area (Å²) < 4.78 is 43.5. The van der Waals surface area contributed by atoms with Crippen LogP contribution in [0.4, 0.5) is 18.9 Å². The first-order chi connectivity index (χ1) is 8.34.